The predicted molar refractivity (Wildman–Crippen MR) is 78.8 cm³/mol. The van der Waals surface area contributed by atoms with E-state index in [0.717, 1.165) is 0 Å². The highest BCUT2D eigenvalue weighted by molar-refractivity contribution is 6.30. The highest BCUT2D eigenvalue weighted by atomic mass is 35.5. The first-order valence-corrected chi connectivity index (χ1v) is 6.69. The van der Waals surface area contributed by atoms with Crippen LogP contribution >= 0.6 is 11.6 Å². The summed E-state index contributed by atoms with van der Waals surface area (Å²) in [5.74, 6) is -0.277. The molecule has 0 N–H and O–H groups in total. The first-order valence-electron chi connectivity index (χ1n) is 6.31. The Morgan fingerprint density at radius 2 is 1.95 bits per heavy atom. The summed E-state index contributed by atoms with van der Waals surface area (Å²) in [7, 11) is 1.43. The zero-order valence-corrected chi connectivity index (χ0v) is 12.4. The molecule has 3 nitrogen and oxygen atoms in total. The number of benzene rings is 2. The van der Waals surface area contributed by atoms with Gasteiger partial charge in [0.25, 0.3) is 0 Å². The number of ketones is 1. The molecule has 5 heteroatoms. The standard InChI is InChI=1S/C16H14ClFO3/c1-10(21-13-5-3-4-11(17)8-13)16(19)14-7-6-12(20-2)9-15(14)18/h3-10H,1-2H3. The van der Waals surface area contributed by atoms with E-state index in [1.165, 1.54) is 25.3 Å². The van der Waals surface area contributed by atoms with Crippen LogP contribution in [-0.4, -0.2) is 19.0 Å². The van der Waals surface area contributed by atoms with E-state index in [4.69, 9.17) is 21.1 Å². The number of carbonyl (C=O) groups is 1. The van der Waals surface area contributed by atoms with Crippen molar-refractivity contribution in [3.63, 3.8) is 0 Å². The summed E-state index contributed by atoms with van der Waals surface area (Å²) in [5.41, 5.74) is -0.0367. The summed E-state index contributed by atoms with van der Waals surface area (Å²) in [6.45, 7) is 1.56. The zero-order chi connectivity index (χ0) is 15.4. The van der Waals surface area contributed by atoms with Gasteiger partial charge in [0.15, 0.2) is 6.10 Å². The van der Waals surface area contributed by atoms with Crippen LogP contribution in [0.1, 0.15) is 17.3 Å². The number of ether oxygens (including phenoxy) is 2. The Hall–Kier alpha value is -2.07. The molecule has 2 rings (SSSR count). The Balaban J connectivity index is 2.15. The highest BCUT2D eigenvalue weighted by Gasteiger charge is 2.20. The molecule has 0 aliphatic heterocycles. The first kappa shape index (κ1) is 15.3. The lowest BCUT2D eigenvalue weighted by Crippen LogP contribution is -2.24. The Morgan fingerprint density at radius 3 is 2.57 bits per heavy atom. The van der Waals surface area contributed by atoms with Gasteiger partial charge in [-0.25, -0.2) is 4.39 Å². The van der Waals surface area contributed by atoms with Crippen LogP contribution < -0.4 is 9.47 Å². The number of rotatable bonds is 5. The van der Waals surface area contributed by atoms with Crippen molar-refractivity contribution in [1.82, 2.24) is 0 Å². The van der Waals surface area contributed by atoms with Crippen molar-refractivity contribution >= 4 is 17.4 Å². The lowest BCUT2D eigenvalue weighted by atomic mass is 10.1. The molecule has 2 aromatic carbocycles. The molecule has 21 heavy (non-hydrogen) atoms. The molecular weight excluding hydrogens is 295 g/mol. The molecule has 0 spiro atoms. The maximum Gasteiger partial charge on any atom is 0.205 e. The molecule has 0 aliphatic carbocycles. The van der Waals surface area contributed by atoms with Crippen LogP contribution in [0.4, 0.5) is 4.39 Å². The van der Waals surface area contributed by atoms with Gasteiger partial charge >= 0.3 is 0 Å². The van der Waals surface area contributed by atoms with Crippen molar-refractivity contribution in [3.05, 3.63) is 58.9 Å². The number of hydrogen-bond acceptors (Lipinski definition) is 3. The largest absolute Gasteiger partial charge is 0.497 e. The molecule has 0 saturated carbocycles. The summed E-state index contributed by atoms with van der Waals surface area (Å²) in [6, 6.07) is 10.8. The number of hydrogen-bond donors (Lipinski definition) is 0. The third-order valence-corrected chi connectivity index (χ3v) is 3.15. The van der Waals surface area contributed by atoms with Crippen LogP contribution in [0.15, 0.2) is 42.5 Å². The zero-order valence-electron chi connectivity index (χ0n) is 11.6. The van der Waals surface area contributed by atoms with Gasteiger partial charge in [0.1, 0.15) is 17.3 Å². The lowest BCUT2D eigenvalue weighted by molar-refractivity contribution is 0.0813. The van der Waals surface area contributed by atoms with Crippen LogP contribution in [0.3, 0.4) is 0 Å². The molecule has 0 aromatic heterocycles. The number of methoxy groups -OCH3 is 1. The van der Waals surface area contributed by atoms with Gasteiger partial charge < -0.3 is 9.47 Å². The summed E-state index contributed by atoms with van der Waals surface area (Å²) < 4.78 is 24.3. The second-order valence-electron chi connectivity index (χ2n) is 4.43. The topological polar surface area (TPSA) is 35.5 Å². The van der Waals surface area contributed by atoms with E-state index in [1.54, 1.807) is 31.2 Å². The van der Waals surface area contributed by atoms with Gasteiger partial charge in [-0.2, -0.15) is 0 Å². The SMILES string of the molecule is COc1ccc(C(=O)C(C)Oc2cccc(Cl)c2)c(F)c1. The van der Waals surface area contributed by atoms with E-state index < -0.39 is 17.7 Å². The molecule has 0 bridgehead atoms. The molecule has 0 aliphatic rings. The second-order valence-corrected chi connectivity index (χ2v) is 4.86. The lowest BCUT2D eigenvalue weighted by Gasteiger charge is -2.14. The molecule has 1 unspecified atom stereocenters. The third-order valence-electron chi connectivity index (χ3n) is 2.92. The van der Waals surface area contributed by atoms with Crippen molar-refractivity contribution in [2.75, 3.05) is 7.11 Å². The van der Waals surface area contributed by atoms with E-state index in [1.807, 2.05) is 0 Å². The quantitative estimate of drug-likeness (QED) is 0.779. The molecular formula is C16H14ClFO3. The summed E-state index contributed by atoms with van der Waals surface area (Å²) in [6.07, 6.45) is -0.827. The van der Waals surface area contributed by atoms with Gasteiger partial charge in [0.05, 0.1) is 12.7 Å². The maximum atomic E-state index is 13.9. The molecule has 2 aromatic rings. The smallest absolute Gasteiger partial charge is 0.205 e. The van der Waals surface area contributed by atoms with Crippen LogP contribution in [-0.2, 0) is 0 Å². The second kappa shape index (κ2) is 6.59. The Labute approximate surface area is 127 Å². The van der Waals surface area contributed by atoms with Crippen molar-refractivity contribution in [2.45, 2.75) is 13.0 Å². The number of halogens is 2. The molecule has 0 radical (unpaired) electrons. The van der Waals surface area contributed by atoms with Crippen LogP contribution in [0.2, 0.25) is 5.02 Å². The Bertz CT molecular complexity index is 658. The Kier molecular flexibility index (Phi) is 4.81. The van der Waals surface area contributed by atoms with E-state index in [9.17, 15) is 9.18 Å². The molecule has 110 valence electrons. The van der Waals surface area contributed by atoms with Crippen molar-refractivity contribution in [3.8, 4) is 11.5 Å². The van der Waals surface area contributed by atoms with Crippen LogP contribution in [0.5, 0.6) is 11.5 Å². The fraction of sp³-hybridized carbons (Fsp3) is 0.188. The van der Waals surface area contributed by atoms with Gasteiger partial charge in [-0.15, -0.1) is 0 Å². The van der Waals surface area contributed by atoms with E-state index in [2.05, 4.69) is 0 Å². The molecule has 0 amide bonds. The van der Waals surface area contributed by atoms with E-state index >= 15 is 0 Å². The van der Waals surface area contributed by atoms with Crippen molar-refractivity contribution in [1.29, 1.82) is 0 Å². The minimum absolute atomic E-state index is 0.0367. The normalized spacial score (nSPS) is 11.8. The monoisotopic (exact) mass is 308 g/mol. The molecule has 0 saturated heterocycles. The predicted octanol–water partition coefficient (Wildman–Crippen LogP) is 4.14. The van der Waals surface area contributed by atoms with E-state index in [-0.39, 0.29) is 5.56 Å². The fourth-order valence-electron chi connectivity index (χ4n) is 1.84. The van der Waals surface area contributed by atoms with Gasteiger partial charge in [0, 0.05) is 11.1 Å². The minimum atomic E-state index is -0.827. The highest BCUT2D eigenvalue weighted by Crippen LogP contribution is 2.21. The van der Waals surface area contributed by atoms with Crippen molar-refractivity contribution in [2.24, 2.45) is 0 Å². The van der Waals surface area contributed by atoms with Crippen LogP contribution in [0.25, 0.3) is 0 Å². The third kappa shape index (κ3) is 3.73. The molecule has 0 fully saturated rings. The van der Waals surface area contributed by atoms with Gasteiger partial charge in [-0.1, -0.05) is 17.7 Å². The average Bonchev–Trinajstić information content (AvgIpc) is 2.46. The fourth-order valence-corrected chi connectivity index (χ4v) is 2.02. The van der Waals surface area contributed by atoms with Crippen molar-refractivity contribution < 1.29 is 18.7 Å². The minimum Gasteiger partial charge on any atom is -0.497 e. The summed E-state index contributed by atoms with van der Waals surface area (Å²) in [5, 5.41) is 0.503. The van der Waals surface area contributed by atoms with E-state index in [0.29, 0.717) is 16.5 Å². The number of Topliss-reactive ketones (excluding diaryl/α,β-unsaturated/α-hetero) is 1. The van der Waals surface area contributed by atoms with Crippen LogP contribution in [0, 0.1) is 5.82 Å². The van der Waals surface area contributed by atoms with Gasteiger partial charge in [-0.05, 0) is 37.3 Å². The summed E-state index contributed by atoms with van der Waals surface area (Å²) in [4.78, 5) is 12.2. The first-order chi connectivity index (χ1) is 10.0. The molecule has 1 atom stereocenters. The molecule has 0 heterocycles. The number of carbonyl (C=O) groups excluding carboxylic acids is 1. The maximum absolute atomic E-state index is 13.9. The van der Waals surface area contributed by atoms with Gasteiger partial charge in [0.2, 0.25) is 5.78 Å². The summed E-state index contributed by atoms with van der Waals surface area (Å²) >= 11 is 5.84. The van der Waals surface area contributed by atoms with Gasteiger partial charge in [-0.3, -0.25) is 4.79 Å². The Morgan fingerprint density at radius 1 is 1.19 bits per heavy atom. The average molecular weight is 309 g/mol.